The summed E-state index contributed by atoms with van der Waals surface area (Å²) >= 11 is 0. The van der Waals surface area contributed by atoms with Gasteiger partial charge in [-0.25, -0.2) is 0 Å². The van der Waals surface area contributed by atoms with Crippen LogP contribution in [0.1, 0.15) is 58.8 Å². The minimum absolute atomic E-state index is 0.216. The van der Waals surface area contributed by atoms with Crippen molar-refractivity contribution in [2.24, 2.45) is 5.92 Å². The van der Waals surface area contributed by atoms with Crippen LogP contribution in [-0.4, -0.2) is 23.9 Å². The Morgan fingerprint density at radius 3 is 2.53 bits per heavy atom. The van der Waals surface area contributed by atoms with Gasteiger partial charge in [-0.05, 0) is 44.1 Å². The van der Waals surface area contributed by atoms with E-state index in [1.54, 1.807) is 6.08 Å². The number of hydrogen-bond donors (Lipinski definition) is 0. The minimum atomic E-state index is 0.216. The molecule has 1 aliphatic rings. The number of piperidine rings is 1. The molecule has 1 heterocycles. The lowest BCUT2D eigenvalue weighted by atomic mass is 10.1. The maximum atomic E-state index is 11.8. The highest BCUT2D eigenvalue weighted by Gasteiger charge is 2.13. The van der Waals surface area contributed by atoms with E-state index in [1.807, 2.05) is 4.90 Å². The van der Waals surface area contributed by atoms with Gasteiger partial charge < -0.3 is 4.90 Å². The second kappa shape index (κ2) is 8.32. The smallest absolute Gasteiger partial charge is 0.246 e. The summed E-state index contributed by atoms with van der Waals surface area (Å²) < 4.78 is 0. The van der Waals surface area contributed by atoms with Crippen molar-refractivity contribution >= 4 is 5.91 Å². The normalized spacial score (nSPS) is 17.0. The standard InChI is InChI=1S/C15H27NO/c1-14(2)10-6-3-4-7-11-15(17)16-12-8-5-9-13-16/h7,11,14H,3-6,8-10,12-13H2,1-2H3/b11-7+. The van der Waals surface area contributed by atoms with Crippen LogP contribution >= 0.6 is 0 Å². The summed E-state index contributed by atoms with van der Waals surface area (Å²) in [5.41, 5.74) is 0. The zero-order valence-corrected chi connectivity index (χ0v) is 11.5. The number of likely N-dealkylation sites (tertiary alicyclic amines) is 1. The highest BCUT2D eigenvalue weighted by molar-refractivity contribution is 5.87. The molecule has 98 valence electrons. The van der Waals surface area contributed by atoms with Crippen LogP contribution in [-0.2, 0) is 4.79 Å². The van der Waals surface area contributed by atoms with Gasteiger partial charge in [0.05, 0.1) is 0 Å². The molecule has 0 aromatic carbocycles. The van der Waals surface area contributed by atoms with E-state index in [-0.39, 0.29) is 5.91 Å². The number of carbonyl (C=O) groups excluding carboxylic acids is 1. The third-order valence-electron chi connectivity index (χ3n) is 3.33. The number of unbranched alkanes of at least 4 members (excludes halogenated alkanes) is 2. The van der Waals surface area contributed by atoms with E-state index in [2.05, 4.69) is 19.9 Å². The molecule has 0 aliphatic carbocycles. The summed E-state index contributed by atoms with van der Waals surface area (Å²) in [7, 11) is 0. The molecule has 0 atom stereocenters. The predicted molar refractivity (Wildman–Crippen MR) is 72.9 cm³/mol. The third kappa shape index (κ3) is 6.50. The van der Waals surface area contributed by atoms with Crippen LogP contribution in [0.15, 0.2) is 12.2 Å². The zero-order chi connectivity index (χ0) is 12.5. The molecule has 0 unspecified atom stereocenters. The molecule has 17 heavy (non-hydrogen) atoms. The van der Waals surface area contributed by atoms with Crippen LogP contribution in [0, 0.1) is 5.92 Å². The van der Waals surface area contributed by atoms with Crippen molar-refractivity contribution in [3.63, 3.8) is 0 Å². The molecule has 1 aliphatic heterocycles. The molecule has 1 amide bonds. The maximum absolute atomic E-state index is 11.8. The highest BCUT2D eigenvalue weighted by atomic mass is 16.2. The van der Waals surface area contributed by atoms with Gasteiger partial charge in [0.2, 0.25) is 5.91 Å². The SMILES string of the molecule is CC(C)CCCC/C=C/C(=O)N1CCCCC1. The lowest BCUT2D eigenvalue weighted by molar-refractivity contribution is -0.126. The summed E-state index contributed by atoms with van der Waals surface area (Å²) in [6.45, 7) is 6.43. The van der Waals surface area contributed by atoms with Gasteiger partial charge in [0.1, 0.15) is 0 Å². The van der Waals surface area contributed by atoms with Crippen molar-refractivity contribution in [2.75, 3.05) is 13.1 Å². The Bertz CT molecular complexity index is 239. The third-order valence-corrected chi connectivity index (χ3v) is 3.33. The molecule has 0 radical (unpaired) electrons. The molecular formula is C15H27NO. The second-order valence-electron chi connectivity index (χ2n) is 5.47. The molecule has 2 nitrogen and oxygen atoms in total. The quantitative estimate of drug-likeness (QED) is 0.508. The van der Waals surface area contributed by atoms with Gasteiger partial charge >= 0.3 is 0 Å². The van der Waals surface area contributed by atoms with Crippen LogP contribution in [0.5, 0.6) is 0 Å². The molecule has 0 bridgehead atoms. The number of hydrogen-bond acceptors (Lipinski definition) is 1. The lowest BCUT2D eigenvalue weighted by Gasteiger charge is -2.25. The summed E-state index contributed by atoms with van der Waals surface area (Å²) in [6, 6.07) is 0. The number of nitrogens with zero attached hydrogens (tertiary/aromatic N) is 1. The van der Waals surface area contributed by atoms with Gasteiger partial charge in [0.15, 0.2) is 0 Å². The Morgan fingerprint density at radius 2 is 1.88 bits per heavy atom. The summed E-state index contributed by atoms with van der Waals surface area (Å²) in [5, 5.41) is 0. The maximum Gasteiger partial charge on any atom is 0.246 e. The minimum Gasteiger partial charge on any atom is -0.339 e. The van der Waals surface area contributed by atoms with Crippen molar-refractivity contribution in [3.8, 4) is 0 Å². The van der Waals surface area contributed by atoms with Crippen LogP contribution in [0.2, 0.25) is 0 Å². The molecule has 2 heteroatoms. The first-order valence-corrected chi connectivity index (χ1v) is 7.15. The van der Waals surface area contributed by atoms with Crippen LogP contribution < -0.4 is 0 Å². The molecule has 1 rings (SSSR count). The Kier molecular flexibility index (Phi) is 6.99. The first-order chi connectivity index (χ1) is 8.20. The molecule has 0 aromatic heterocycles. The average Bonchev–Trinajstić information content (AvgIpc) is 2.34. The van der Waals surface area contributed by atoms with Crippen LogP contribution in [0.3, 0.4) is 0 Å². The van der Waals surface area contributed by atoms with Crippen LogP contribution in [0.25, 0.3) is 0 Å². The van der Waals surface area contributed by atoms with Gasteiger partial charge in [0.25, 0.3) is 0 Å². The highest BCUT2D eigenvalue weighted by Crippen LogP contribution is 2.10. The molecule has 0 N–H and O–H groups in total. The Hall–Kier alpha value is -0.790. The van der Waals surface area contributed by atoms with Crippen molar-refractivity contribution < 1.29 is 4.79 Å². The molecule has 1 saturated heterocycles. The van der Waals surface area contributed by atoms with Crippen molar-refractivity contribution in [2.45, 2.75) is 58.8 Å². The average molecular weight is 237 g/mol. The number of allylic oxidation sites excluding steroid dienone is 1. The Morgan fingerprint density at radius 1 is 1.18 bits per heavy atom. The van der Waals surface area contributed by atoms with Crippen LogP contribution in [0.4, 0.5) is 0 Å². The summed E-state index contributed by atoms with van der Waals surface area (Å²) in [6.07, 6.45) is 12.3. The van der Waals surface area contributed by atoms with Gasteiger partial charge in [-0.15, -0.1) is 0 Å². The second-order valence-corrected chi connectivity index (χ2v) is 5.47. The first kappa shape index (κ1) is 14.3. The monoisotopic (exact) mass is 237 g/mol. The fourth-order valence-electron chi connectivity index (χ4n) is 2.22. The fraction of sp³-hybridized carbons (Fsp3) is 0.800. The molecule has 0 aromatic rings. The van der Waals surface area contributed by atoms with E-state index in [9.17, 15) is 4.79 Å². The van der Waals surface area contributed by atoms with E-state index >= 15 is 0 Å². The Labute approximate surface area is 106 Å². The van der Waals surface area contributed by atoms with Gasteiger partial charge in [-0.1, -0.05) is 32.8 Å². The fourth-order valence-corrected chi connectivity index (χ4v) is 2.22. The van der Waals surface area contributed by atoms with E-state index in [4.69, 9.17) is 0 Å². The number of amides is 1. The van der Waals surface area contributed by atoms with E-state index in [0.29, 0.717) is 0 Å². The van der Waals surface area contributed by atoms with E-state index < -0.39 is 0 Å². The molecule has 0 spiro atoms. The predicted octanol–water partition coefficient (Wildman–Crippen LogP) is 3.77. The van der Waals surface area contributed by atoms with E-state index in [0.717, 1.165) is 25.4 Å². The van der Waals surface area contributed by atoms with Gasteiger partial charge in [-0.2, -0.15) is 0 Å². The van der Waals surface area contributed by atoms with Gasteiger partial charge in [0, 0.05) is 13.1 Å². The largest absolute Gasteiger partial charge is 0.339 e. The van der Waals surface area contributed by atoms with E-state index in [1.165, 1.54) is 38.5 Å². The zero-order valence-electron chi connectivity index (χ0n) is 11.5. The van der Waals surface area contributed by atoms with Gasteiger partial charge in [-0.3, -0.25) is 4.79 Å². The van der Waals surface area contributed by atoms with Crippen molar-refractivity contribution in [3.05, 3.63) is 12.2 Å². The molecule has 0 saturated carbocycles. The number of carbonyl (C=O) groups is 1. The summed E-state index contributed by atoms with van der Waals surface area (Å²) in [4.78, 5) is 13.8. The van der Waals surface area contributed by atoms with Crippen molar-refractivity contribution in [1.82, 2.24) is 4.90 Å². The Balaban J connectivity index is 2.08. The molecular weight excluding hydrogens is 210 g/mol. The first-order valence-electron chi connectivity index (χ1n) is 7.15. The number of rotatable bonds is 6. The molecule has 1 fully saturated rings. The summed E-state index contributed by atoms with van der Waals surface area (Å²) in [5.74, 6) is 1.02. The van der Waals surface area contributed by atoms with Crippen molar-refractivity contribution in [1.29, 1.82) is 0 Å². The topological polar surface area (TPSA) is 20.3 Å². The lowest BCUT2D eigenvalue weighted by Crippen LogP contribution is -2.34.